The topological polar surface area (TPSA) is 22.8 Å². The highest BCUT2D eigenvalue weighted by Gasteiger charge is 2.14. The van der Waals surface area contributed by atoms with Crippen molar-refractivity contribution in [2.75, 3.05) is 0 Å². The fraction of sp³-hybridized carbons (Fsp3) is 0.146. The third-order valence-electron chi connectivity index (χ3n) is 8.62. The van der Waals surface area contributed by atoms with E-state index in [0.29, 0.717) is 11.8 Å². The van der Waals surface area contributed by atoms with Gasteiger partial charge in [0.1, 0.15) is 5.82 Å². The van der Waals surface area contributed by atoms with E-state index in [9.17, 15) is 0 Å². The monoisotopic (exact) mass is 571 g/mol. The third-order valence-corrected chi connectivity index (χ3v) is 8.62. The van der Waals surface area contributed by atoms with Crippen LogP contribution in [0.15, 0.2) is 140 Å². The molecule has 0 amide bonds. The number of fused-ring (bicyclic) bond motifs is 6. The lowest BCUT2D eigenvalue weighted by molar-refractivity contribution is 0.868. The molecule has 0 aliphatic rings. The Balaban J connectivity index is 0.000000142. The standard InChI is InChI=1S/C21H19N.C20H18N2/c1-15(2)16-12-13-21-19(14-16)18-10-6-7-11-20(18)22(21)17-8-4-3-5-9-17;1-14(2)15-10-11-19-17(13-15)16-7-3-4-8-18(16)22(19)20-9-5-6-12-21-20/h3-15H,1-2H3;3-14H,1-2H3. The quantitative estimate of drug-likeness (QED) is 0.206. The average molecular weight is 572 g/mol. The Bertz CT molecular complexity index is 2060. The van der Waals surface area contributed by atoms with Gasteiger partial charge in [-0.25, -0.2) is 4.98 Å². The minimum absolute atomic E-state index is 0.529. The van der Waals surface area contributed by atoms with Gasteiger partial charge in [-0.2, -0.15) is 0 Å². The maximum atomic E-state index is 4.54. The maximum Gasteiger partial charge on any atom is 0.137 e. The Labute approximate surface area is 259 Å². The Kier molecular flexibility index (Phi) is 7.23. The Morgan fingerprint density at radius 3 is 1.45 bits per heavy atom. The Morgan fingerprint density at radius 1 is 0.432 bits per heavy atom. The van der Waals surface area contributed by atoms with Crippen molar-refractivity contribution in [1.29, 1.82) is 0 Å². The zero-order chi connectivity index (χ0) is 30.2. The molecule has 0 saturated heterocycles. The first kappa shape index (κ1) is 27.7. The van der Waals surface area contributed by atoms with Gasteiger partial charge in [-0.05, 0) is 83.6 Å². The molecule has 8 aromatic rings. The number of hydrogen-bond donors (Lipinski definition) is 0. The second-order valence-corrected chi connectivity index (χ2v) is 12.1. The highest BCUT2D eigenvalue weighted by Crippen LogP contribution is 2.35. The molecule has 0 saturated carbocycles. The summed E-state index contributed by atoms with van der Waals surface area (Å²) in [6.07, 6.45) is 1.85. The fourth-order valence-electron chi connectivity index (χ4n) is 6.29. The zero-order valence-electron chi connectivity index (χ0n) is 25.8. The molecule has 0 aliphatic heterocycles. The minimum Gasteiger partial charge on any atom is -0.309 e. The van der Waals surface area contributed by atoms with E-state index < -0.39 is 0 Å². The molecule has 0 bridgehead atoms. The molecule has 5 aromatic carbocycles. The van der Waals surface area contributed by atoms with Crippen molar-refractivity contribution in [3.05, 3.63) is 151 Å². The lowest BCUT2D eigenvalue weighted by Crippen LogP contribution is -1.96. The summed E-state index contributed by atoms with van der Waals surface area (Å²) >= 11 is 0. The number of nitrogens with zero attached hydrogens (tertiary/aromatic N) is 3. The van der Waals surface area contributed by atoms with Crippen LogP contribution in [0.1, 0.15) is 50.7 Å². The first-order valence-electron chi connectivity index (χ1n) is 15.5. The van der Waals surface area contributed by atoms with E-state index in [1.807, 2.05) is 18.3 Å². The summed E-state index contributed by atoms with van der Waals surface area (Å²) in [6, 6.07) is 47.5. The molecule has 0 unspecified atom stereocenters. The number of benzene rings is 5. The van der Waals surface area contributed by atoms with E-state index >= 15 is 0 Å². The van der Waals surface area contributed by atoms with Gasteiger partial charge in [0.25, 0.3) is 0 Å². The second-order valence-electron chi connectivity index (χ2n) is 12.1. The van der Waals surface area contributed by atoms with Gasteiger partial charge in [0.2, 0.25) is 0 Å². The van der Waals surface area contributed by atoms with Crippen LogP contribution < -0.4 is 0 Å². The molecular formula is C41H37N3. The molecular weight excluding hydrogens is 534 g/mol. The van der Waals surface area contributed by atoms with Crippen LogP contribution in [0.3, 0.4) is 0 Å². The summed E-state index contributed by atoms with van der Waals surface area (Å²) in [7, 11) is 0. The lowest BCUT2D eigenvalue weighted by atomic mass is 10.0. The predicted octanol–water partition coefficient (Wildman–Crippen LogP) is 11.2. The molecule has 3 nitrogen and oxygen atoms in total. The molecule has 0 fully saturated rings. The van der Waals surface area contributed by atoms with Gasteiger partial charge in [-0.1, -0.05) is 100 Å². The Hall–Kier alpha value is -5.15. The van der Waals surface area contributed by atoms with Crippen LogP contribution in [0, 0.1) is 0 Å². The number of para-hydroxylation sites is 3. The zero-order valence-corrected chi connectivity index (χ0v) is 25.8. The largest absolute Gasteiger partial charge is 0.309 e. The van der Waals surface area contributed by atoms with Gasteiger partial charge < -0.3 is 4.57 Å². The lowest BCUT2D eigenvalue weighted by Gasteiger charge is -2.08. The first-order chi connectivity index (χ1) is 21.5. The summed E-state index contributed by atoms with van der Waals surface area (Å²) in [4.78, 5) is 4.54. The van der Waals surface area contributed by atoms with Gasteiger partial charge in [0.15, 0.2) is 0 Å². The molecule has 44 heavy (non-hydrogen) atoms. The summed E-state index contributed by atoms with van der Waals surface area (Å²) in [5, 5.41) is 5.24. The van der Waals surface area contributed by atoms with Crippen molar-refractivity contribution < 1.29 is 0 Å². The third kappa shape index (κ3) is 4.85. The molecule has 0 atom stereocenters. The summed E-state index contributed by atoms with van der Waals surface area (Å²) in [5.74, 6) is 2.04. The molecule has 0 radical (unpaired) electrons. The maximum absolute atomic E-state index is 4.54. The summed E-state index contributed by atoms with van der Waals surface area (Å²) in [5.41, 5.74) is 8.94. The van der Waals surface area contributed by atoms with E-state index in [2.05, 4.69) is 163 Å². The molecule has 8 rings (SSSR count). The van der Waals surface area contributed by atoms with Gasteiger partial charge in [-0.15, -0.1) is 0 Å². The van der Waals surface area contributed by atoms with Crippen LogP contribution in [0.2, 0.25) is 0 Å². The smallest absolute Gasteiger partial charge is 0.137 e. The van der Waals surface area contributed by atoms with E-state index in [1.54, 1.807) is 0 Å². The SMILES string of the molecule is CC(C)c1ccc2c(c1)c1ccccc1n2-c1ccccc1.CC(C)c1ccc2c(c1)c1ccccc1n2-c1ccccn1. The van der Waals surface area contributed by atoms with Crippen molar-refractivity contribution >= 4 is 43.6 Å². The number of aromatic nitrogens is 3. The molecule has 3 aromatic heterocycles. The first-order valence-corrected chi connectivity index (χ1v) is 15.5. The normalized spacial score (nSPS) is 11.6. The minimum atomic E-state index is 0.529. The van der Waals surface area contributed by atoms with Crippen molar-refractivity contribution in [1.82, 2.24) is 14.1 Å². The van der Waals surface area contributed by atoms with Crippen LogP contribution in [0.5, 0.6) is 0 Å². The van der Waals surface area contributed by atoms with Crippen molar-refractivity contribution in [2.24, 2.45) is 0 Å². The van der Waals surface area contributed by atoms with Crippen molar-refractivity contribution in [2.45, 2.75) is 39.5 Å². The van der Waals surface area contributed by atoms with E-state index in [0.717, 1.165) is 5.82 Å². The van der Waals surface area contributed by atoms with E-state index in [1.165, 1.54) is 60.4 Å². The molecule has 0 N–H and O–H groups in total. The van der Waals surface area contributed by atoms with Crippen LogP contribution in [0.4, 0.5) is 0 Å². The molecule has 0 spiro atoms. The van der Waals surface area contributed by atoms with Gasteiger partial charge >= 0.3 is 0 Å². The summed E-state index contributed by atoms with van der Waals surface area (Å²) in [6.45, 7) is 8.97. The molecule has 3 heterocycles. The van der Waals surface area contributed by atoms with Gasteiger partial charge in [0, 0.05) is 33.4 Å². The highest BCUT2D eigenvalue weighted by atomic mass is 15.1. The van der Waals surface area contributed by atoms with Gasteiger partial charge in [0.05, 0.1) is 22.1 Å². The van der Waals surface area contributed by atoms with Crippen LogP contribution >= 0.6 is 0 Å². The van der Waals surface area contributed by atoms with E-state index in [-0.39, 0.29) is 0 Å². The number of pyridine rings is 1. The molecule has 3 heteroatoms. The van der Waals surface area contributed by atoms with Crippen molar-refractivity contribution in [3.63, 3.8) is 0 Å². The number of rotatable bonds is 4. The fourth-order valence-corrected chi connectivity index (χ4v) is 6.29. The van der Waals surface area contributed by atoms with Crippen LogP contribution in [-0.4, -0.2) is 14.1 Å². The molecule has 0 aliphatic carbocycles. The molecule has 216 valence electrons. The van der Waals surface area contributed by atoms with Gasteiger partial charge in [-0.3, -0.25) is 4.57 Å². The van der Waals surface area contributed by atoms with Crippen LogP contribution in [0.25, 0.3) is 55.1 Å². The number of hydrogen-bond acceptors (Lipinski definition) is 1. The summed E-state index contributed by atoms with van der Waals surface area (Å²) < 4.78 is 4.60. The predicted molar refractivity (Wildman–Crippen MR) is 188 cm³/mol. The average Bonchev–Trinajstić information content (AvgIpc) is 3.58. The second kappa shape index (κ2) is 11.5. The highest BCUT2D eigenvalue weighted by molar-refractivity contribution is 6.10. The van der Waals surface area contributed by atoms with Crippen molar-refractivity contribution in [3.8, 4) is 11.5 Å². The Morgan fingerprint density at radius 2 is 0.909 bits per heavy atom. The van der Waals surface area contributed by atoms with E-state index in [4.69, 9.17) is 0 Å². The van der Waals surface area contributed by atoms with Crippen LogP contribution in [-0.2, 0) is 0 Å².